The topological polar surface area (TPSA) is 343 Å². The van der Waals surface area contributed by atoms with Crippen LogP contribution in [0.3, 0.4) is 0 Å². The number of carboxylic acid groups (broad SMARTS) is 1. The summed E-state index contributed by atoms with van der Waals surface area (Å²) in [6.45, 7) is 6.78. The zero-order chi connectivity index (χ0) is 64.4. The lowest BCUT2D eigenvalue weighted by Gasteiger charge is -2.67. The summed E-state index contributed by atoms with van der Waals surface area (Å²) in [5.74, 6) is -10.2. The molecule has 4 aliphatic carbocycles. The van der Waals surface area contributed by atoms with Gasteiger partial charge in [-0.3, -0.25) is 28.8 Å². The van der Waals surface area contributed by atoms with Gasteiger partial charge in [0.2, 0.25) is 12.0 Å². The Morgan fingerprint density at radius 3 is 2.06 bits per heavy atom. The van der Waals surface area contributed by atoms with Crippen LogP contribution < -0.4 is 16.0 Å². The Bertz CT molecular complexity index is 3320. The summed E-state index contributed by atoms with van der Waals surface area (Å²) >= 11 is 0. The number of ketones is 1. The number of benzene rings is 3. The minimum Gasteiger partial charge on any atom is -0.480 e. The fourth-order valence-electron chi connectivity index (χ4n) is 13.2. The van der Waals surface area contributed by atoms with Gasteiger partial charge in [-0.2, -0.15) is 0 Å². The van der Waals surface area contributed by atoms with E-state index in [0.717, 1.165) is 11.6 Å². The van der Waals surface area contributed by atoms with E-state index in [1.807, 2.05) is 0 Å². The van der Waals surface area contributed by atoms with Crippen molar-refractivity contribution in [1.82, 2.24) is 30.9 Å². The van der Waals surface area contributed by atoms with Gasteiger partial charge >= 0.3 is 41.8 Å². The van der Waals surface area contributed by atoms with Crippen molar-refractivity contribution in [2.24, 2.45) is 22.7 Å². The number of likely N-dealkylation sites (N-methyl/N-ethyl adjacent to an activating group) is 1. The molecule has 4 aliphatic rings. The highest BCUT2D eigenvalue weighted by atomic mass is 16.6. The number of hydrogen-bond donors (Lipinski definition) is 5. The molecule has 8 rings (SSSR count). The Labute approximate surface area is 513 Å². The lowest BCUT2D eigenvalue weighted by Crippen LogP contribution is -2.76. The van der Waals surface area contributed by atoms with Crippen LogP contribution in [0.5, 0.6) is 0 Å². The molecule has 1 heterocycles. The third-order valence-electron chi connectivity index (χ3n) is 17.8. The van der Waals surface area contributed by atoms with E-state index < -0.39 is 144 Å². The van der Waals surface area contributed by atoms with E-state index in [9.17, 15) is 48.6 Å². The number of amides is 2. The number of ether oxygens (including phenoxy) is 7. The molecule has 4 aromatic rings. The monoisotopic (exact) mass is 1230 g/mol. The molecular weight excluding hydrogens is 1160 g/mol. The average molecular weight is 1230 g/mol. The van der Waals surface area contributed by atoms with Gasteiger partial charge in [-0.05, 0) is 106 Å². The number of fused-ring (bicyclic) bond motifs is 5. The van der Waals surface area contributed by atoms with Crippen molar-refractivity contribution in [3.63, 3.8) is 0 Å². The SMILES string of the molecule is CN[C@H](CCCCNC(=O)Cc1cn(COC(=O)COCC(=O)O[C@@H](C(=O)O[C@H]2C[C@@]3(O)[C@@H](OC(=O)c4ccccc4)[C@@H]4[C@]5(OC(C)=O)CC[C@@H]5CC[C@@]4(C)C(=O)[C@H](OC(C)=O)C(=C2C)C3(C)C)[C@@H](NC(=O)c2ccccc2)c2ccccc2)nn1)C(=O)O. The lowest BCUT2D eigenvalue weighted by atomic mass is 9.41. The van der Waals surface area contributed by atoms with Gasteiger partial charge in [-0.15, -0.1) is 5.10 Å². The average Bonchev–Trinajstić information content (AvgIpc) is 0.801. The molecule has 0 aliphatic heterocycles. The van der Waals surface area contributed by atoms with Crippen LogP contribution in [-0.4, -0.2) is 153 Å². The molecule has 5 N–H and O–H groups in total. The minimum atomic E-state index is -2.38. The maximum absolute atomic E-state index is 15.8. The van der Waals surface area contributed by atoms with Gasteiger partial charge in [-0.25, -0.2) is 23.9 Å². The van der Waals surface area contributed by atoms with Crippen molar-refractivity contribution in [3.8, 4) is 0 Å². The number of carbonyl (C=O) groups is 10. The first-order chi connectivity index (χ1) is 42.3. The van der Waals surface area contributed by atoms with Crippen LogP contribution in [0.15, 0.2) is 108 Å². The molecule has 2 amide bonds. The predicted octanol–water partition coefficient (Wildman–Crippen LogP) is 4.64. The van der Waals surface area contributed by atoms with E-state index in [1.54, 1.807) is 94.5 Å². The third kappa shape index (κ3) is 14.6. The van der Waals surface area contributed by atoms with Gasteiger partial charge < -0.3 is 59.3 Å². The van der Waals surface area contributed by atoms with Crippen LogP contribution >= 0.6 is 0 Å². The summed E-state index contributed by atoms with van der Waals surface area (Å²) in [4.78, 5) is 137. The number of esters is 6. The number of aliphatic carboxylic acids is 1. The molecule has 0 saturated heterocycles. The number of hydrogen-bond acceptors (Lipinski definition) is 21. The normalized spacial score (nSPS) is 25.0. The molecule has 25 nitrogen and oxygen atoms in total. The molecule has 3 fully saturated rings. The first kappa shape index (κ1) is 66.3. The molecule has 0 spiro atoms. The van der Waals surface area contributed by atoms with Gasteiger partial charge in [0, 0.05) is 43.2 Å². The van der Waals surface area contributed by atoms with Gasteiger partial charge in [0.05, 0.1) is 29.8 Å². The Morgan fingerprint density at radius 2 is 1.44 bits per heavy atom. The summed E-state index contributed by atoms with van der Waals surface area (Å²) < 4.78 is 43.1. The Balaban J connectivity index is 1.07. The van der Waals surface area contributed by atoms with Crippen LogP contribution in [0.25, 0.3) is 0 Å². The molecule has 2 bridgehead atoms. The molecule has 25 heteroatoms. The van der Waals surface area contributed by atoms with E-state index >= 15 is 9.59 Å². The highest BCUT2D eigenvalue weighted by Gasteiger charge is 2.75. The second-order valence-corrected chi connectivity index (χ2v) is 23.8. The van der Waals surface area contributed by atoms with Crippen LogP contribution in [0.2, 0.25) is 0 Å². The van der Waals surface area contributed by atoms with Crippen molar-refractivity contribution in [3.05, 3.63) is 131 Å². The number of carboxylic acids is 1. The van der Waals surface area contributed by atoms with E-state index in [-0.39, 0.29) is 64.6 Å². The van der Waals surface area contributed by atoms with E-state index in [2.05, 4.69) is 26.3 Å². The molecule has 1 aromatic heterocycles. The standard InChI is InChI=1S/C64H76N6O19/c1-37-46(32-64(82)56(88-59(80)42-23-15-10-16-24-42)54-62(6,28-26-43-27-29-63(43,54)89-39(3)72)55(76)52(85-38(2)71)50(37)61(64,4)5)86-60(81)53(51(40-19-11-8-12-20-40)67-57(77)41-21-13-9-14-22-41)87-49(75)35-83-34-48(74)84-36-70-33-44(68-69-70)31-47(73)66-30-18-17-25-45(65-7)58(78)79/h8-16,19-24,33,43,45-46,51-54,56,65,82H,17-18,25-32,34-36H2,1-7H3,(H,66,73)(H,67,77)(H,78,79)/t43-,45+,46-,51-,52+,53+,54-,56-,62+,63-,64+/m0/s1. The van der Waals surface area contributed by atoms with Crippen molar-refractivity contribution >= 4 is 59.4 Å². The van der Waals surface area contributed by atoms with Gasteiger partial charge in [0.1, 0.15) is 48.7 Å². The summed E-state index contributed by atoms with van der Waals surface area (Å²) in [6, 6.07) is 21.7. The van der Waals surface area contributed by atoms with Crippen molar-refractivity contribution in [1.29, 1.82) is 0 Å². The fraction of sp³-hybridized carbons (Fsp3) is 0.500. The lowest BCUT2D eigenvalue weighted by molar-refractivity contribution is -0.281. The maximum atomic E-state index is 15.8. The first-order valence-electron chi connectivity index (χ1n) is 29.5. The van der Waals surface area contributed by atoms with Gasteiger partial charge in [0.15, 0.2) is 18.6 Å². The zero-order valence-electron chi connectivity index (χ0n) is 50.7. The highest BCUT2D eigenvalue weighted by molar-refractivity contribution is 5.96. The van der Waals surface area contributed by atoms with E-state index in [4.69, 9.17) is 33.2 Å². The second-order valence-electron chi connectivity index (χ2n) is 23.8. The van der Waals surface area contributed by atoms with Crippen molar-refractivity contribution in [2.75, 3.05) is 26.8 Å². The molecule has 0 radical (unpaired) electrons. The number of unbranched alkanes of at least 4 members (excludes halogenated alkanes) is 1. The number of rotatable bonds is 26. The molecule has 476 valence electrons. The third-order valence-corrected chi connectivity index (χ3v) is 17.8. The summed E-state index contributed by atoms with van der Waals surface area (Å²) in [5.41, 5.74) is -6.19. The summed E-state index contributed by atoms with van der Waals surface area (Å²) in [7, 11) is 1.56. The Morgan fingerprint density at radius 1 is 0.798 bits per heavy atom. The molecular formula is C64H76N6O19. The Hall–Kier alpha value is -8.68. The van der Waals surface area contributed by atoms with Crippen molar-refractivity contribution < 1.29 is 91.3 Å². The molecule has 11 atom stereocenters. The number of aliphatic hydroxyl groups is 1. The molecule has 3 aromatic carbocycles. The summed E-state index contributed by atoms with van der Waals surface area (Å²) in [6.07, 6.45) is -3.61. The number of carbonyl (C=O) groups excluding carboxylic acids is 9. The zero-order valence-corrected chi connectivity index (χ0v) is 50.7. The largest absolute Gasteiger partial charge is 0.480 e. The summed E-state index contributed by atoms with van der Waals surface area (Å²) in [5, 5.41) is 39.3. The van der Waals surface area contributed by atoms with Gasteiger partial charge in [-0.1, -0.05) is 92.7 Å². The van der Waals surface area contributed by atoms with E-state index in [1.165, 1.54) is 44.3 Å². The highest BCUT2D eigenvalue weighted by Crippen LogP contribution is 2.67. The van der Waals surface area contributed by atoms with Gasteiger partial charge in [0.25, 0.3) is 5.91 Å². The van der Waals surface area contributed by atoms with E-state index in [0.29, 0.717) is 38.6 Å². The fourth-order valence-corrected chi connectivity index (χ4v) is 13.2. The van der Waals surface area contributed by atoms with Crippen LogP contribution in [-0.2, 0) is 84.7 Å². The predicted molar refractivity (Wildman–Crippen MR) is 311 cm³/mol. The van der Waals surface area contributed by atoms with Crippen LogP contribution in [0.1, 0.15) is 131 Å². The Kier molecular flexibility index (Phi) is 21.0. The molecule has 89 heavy (non-hydrogen) atoms. The quantitative estimate of drug-likeness (QED) is 0.0247. The first-order valence-corrected chi connectivity index (χ1v) is 29.5. The number of nitrogens with one attached hydrogen (secondary N) is 3. The molecule has 0 unspecified atom stereocenters. The van der Waals surface area contributed by atoms with Crippen molar-refractivity contribution in [2.45, 2.75) is 154 Å². The van der Waals surface area contributed by atoms with Crippen LogP contribution in [0, 0.1) is 22.7 Å². The number of nitrogens with zero attached hydrogens (tertiary/aromatic N) is 3. The smallest absolute Gasteiger partial charge is 0.350 e. The molecule has 3 saturated carbocycles. The minimum absolute atomic E-state index is 0.0302. The second kappa shape index (κ2) is 28.2. The maximum Gasteiger partial charge on any atom is 0.350 e. The number of aromatic nitrogens is 3. The number of Topliss-reactive ketones (excluding diaryl/α,β-unsaturated/α-hetero) is 1. The van der Waals surface area contributed by atoms with Crippen LogP contribution in [0.4, 0.5) is 0 Å².